The van der Waals surface area contributed by atoms with Crippen LogP contribution in [0.3, 0.4) is 0 Å². The van der Waals surface area contributed by atoms with Gasteiger partial charge in [0.05, 0.1) is 5.75 Å². The van der Waals surface area contributed by atoms with E-state index in [1.165, 1.54) is 11.8 Å². The summed E-state index contributed by atoms with van der Waals surface area (Å²) in [6.45, 7) is 6.47. The van der Waals surface area contributed by atoms with Crippen molar-refractivity contribution < 1.29 is 4.79 Å². The SMILES string of the molecule is CC(C)CC[C@H](C)NC(=O)CSc1nnc(-c2cccnc2)n1C1CC1. The van der Waals surface area contributed by atoms with Crippen LogP contribution in [-0.4, -0.2) is 37.5 Å². The van der Waals surface area contributed by atoms with E-state index >= 15 is 0 Å². The van der Waals surface area contributed by atoms with E-state index in [1.807, 2.05) is 12.1 Å². The van der Waals surface area contributed by atoms with Crippen LogP contribution in [0.5, 0.6) is 0 Å². The molecule has 1 atom stereocenters. The van der Waals surface area contributed by atoms with Gasteiger partial charge in [0.1, 0.15) is 0 Å². The Morgan fingerprint density at radius 2 is 2.12 bits per heavy atom. The van der Waals surface area contributed by atoms with Crippen molar-refractivity contribution in [2.45, 2.75) is 63.7 Å². The van der Waals surface area contributed by atoms with Crippen molar-refractivity contribution in [1.82, 2.24) is 25.1 Å². The number of thioether (sulfide) groups is 1. The summed E-state index contributed by atoms with van der Waals surface area (Å²) >= 11 is 1.46. The minimum absolute atomic E-state index is 0.0551. The highest BCUT2D eigenvalue weighted by Crippen LogP contribution is 2.40. The van der Waals surface area contributed by atoms with Crippen LogP contribution in [0.4, 0.5) is 0 Å². The summed E-state index contributed by atoms with van der Waals surface area (Å²) in [6, 6.07) is 4.54. The average molecular weight is 374 g/mol. The Hall–Kier alpha value is -1.89. The maximum absolute atomic E-state index is 12.2. The molecule has 0 unspecified atom stereocenters. The number of carbonyl (C=O) groups excluding carboxylic acids is 1. The first kappa shape index (κ1) is 18.9. The van der Waals surface area contributed by atoms with Crippen LogP contribution in [0.1, 0.15) is 52.5 Å². The van der Waals surface area contributed by atoms with Crippen LogP contribution in [0, 0.1) is 5.92 Å². The third-order valence-corrected chi connectivity index (χ3v) is 5.36. The molecule has 0 bridgehead atoms. The maximum Gasteiger partial charge on any atom is 0.230 e. The van der Waals surface area contributed by atoms with Crippen LogP contribution >= 0.6 is 11.8 Å². The van der Waals surface area contributed by atoms with Crippen molar-refractivity contribution in [1.29, 1.82) is 0 Å². The molecule has 1 fully saturated rings. The van der Waals surface area contributed by atoms with E-state index in [0.717, 1.165) is 42.2 Å². The molecule has 1 aliphatic rings. The maximum atomic E-state index is 12.2. The average Bonchev–Trinajstić information content (AvgIpc) is 3.38. The molecule has 0 aromatic carbocycles. The summed E-state index contributed by atoms with van der Waals surface area (Å²) in [5, 5.41) is 12.6. The second-order valence-corrected chi connectivity index (χ2v) is 8.32. The molecule has 0 aliphatic heterocycles. The van der Waals surface area contributed by atoms with Gasteiger partial charge in [-0.25, -0.2) is 0 Å². The van der Waals surface area contributed by atoms with E-state index in [2.05, 4.69) is 45.8 Å². The summed E-state index contributed by atoms with van der Waals surface area (Å²) in [4.78, 5) is 16.4. The first-order valence-electron chi connectivity index (χ1n) is 9.32. The number of carbonyl (C=O) groups is 1. The normalized spacial score (nSPS) is 15.2. The molecule has 0 spiro atoms. The quantitative estimate of drug-likeness (QED) is 0.678. The van der Waals surface area contributed by atoms with Gasteiger partial charge in [0.15, 0.2) is 11.0 Å². The van der Waals surface area contributed by atoms with Gasteiger partial charge in [0.2, 0.25) is 5.91 Å². The zero-order valence-corrected chi connectivity index (χ0v) is 16.5. The van der Waals surface area contributed by atoms with Gasteiger partial charge in [-0.15, -0.1) is 10.2 Å². The summed E-state index contributed by atoms with van der Waals surface area (Å²) in [6.07, 6.45) is 7.97. The second kappa shape index (κ2) is 8.66. The smallest absolute Gasteiger partial charge is 0.230 e. The van der Waals surface area contributed by atoms with Crippen molar-refractivity contribution in [3.8, 4) is 11.4 Å². The van der Waals surface area contributed by atoms with Gasteiger partial charge in [0, 0.05) is 30.0 Å². The number of pyridine rings is 1. The first-order chi connectivity index (χ1) is 12.5. The van der Waals surface area contributed by atoms with E-state index < -0.39 is 0 Å². The Labute approximate surface area is 159 Å². The lowest BCUT2D eigenvalue weighted by Crippen LogP contribution is -2.34. The zero-order valence-electron chi connectivity index (χ0n) is 15.7. The molecular weight excluding hydrogens is 346 g/mol. The van der Waals surface area contributed by atoms with Crippen molar-refractivity contribution in [2.75, 3.05) is 5.75 Å². The van der Waals surface area contributed by atoms with E-state index in [9.17, 15) is 4.79 Å². The number of nitrogens with one attached hydrogen (secondary N) is 1. The third kappa shape index (κ3) is 5.06. The van der Waals surface area contributed by atoms with Gasteiger partial charge in [-0.3, -0.25) is 14.3 Å². The summed E-state index contributed by atoms with van der Waals surface area (Å²) < 4.78 is 2.16. The van der Waals surface area contributed by atoms with Crippen LogP contribution in [0.15, 0.2) is 29.7 Å². The molecule has 2 aromatic heterocycles. The first-order valence-corrected chi connectivity index (χ1v) is 10.3. The molecule has 6 nitrogen and oxygen atoms in total. The zero-order chi connectivity index (χ0) is 18.5. The van der Waals surface area contributed by atoms with Crippen molar-refractivity contribution in [3.05, 3.63) is 24.5 Å². The molecule has 1 aliphatic carbocycles. The standard InChI is InChI=1S/C19H27N5OS/c1-13(2)6-7-14(3)21-17(25)12-26-19-23-22-18(24(19)16-8-9-16)15-5-4-10-20-11-15/h4-5,10-11,13-14,16H,6-9,12H2,1-3H3,(H,21,25)/t14-/m0/s1. The number of nitrogens with zero attached hydrogens (tertiary/aromatic N) is 4. The molecule has 1 amide bonds. The predicted octanol–water partition coefficient (Wildman–Crippen LogP) is 3.71. The van der Waals surface area contributed by atoms with Crippen molar-refractivity contribution in [3.63, 3.8) is 0 Å². The molecule has 1 N–H and O–H groups in total. The van der Waals surface area contributed by atoms with E-state index in [0.29, 0.717) is 17.7 Å². The lowest BCUT2D eigenvalue weighted by Gasteiger charge is -2.15. The van der Waals surface area contributed by atoms with Crippen LogP contribution in [-0.2, 0) is 4.79 Å². The number of aromatic nitrogens is 4. The largest absolute Gasteiger partial charge is 0.353 e. The van der Waals surface area contributed by atoms with E-state index in [-0.39, 0.29) is 11.9 Å². The van der Waals surface area contributed by atoms with Crippen LogP contribution in [0.25, 0.3) is 11.4 Å². The van der Waals surface area contributed by atoms with Crippen molar-refractivity contribution >= 4 is 17.7 Å². The number of amides is 1. The van der Waals surface area contributed by atoms with Gasteiger partial charge < -0.3 is 5.32 Å². The highest BCUT2D eigenvalue weighted by atomic mass is 32.2. The number of hydrogen-bond donors (Lipinski definition) is 1. The molecule has 26 heavy (non-hydrogen) atoms. The van der Waals surface area contributed by atoms with Crippen LogP contribution < -0.4 is 5.32 Å². The summed E-state index contributed by atoms with van der Waals surface area (Å²) in [7, 11) is 0. The Morgan fingerprint density at radius 1 is 1.31 bits per heavy atom. The second-order valence-electron chi connectivity index (χ2n) is 7.38. The molecule has 0 saturated heterocycles. The third-order valence-electron chi connectivity index (χ3n) is 4.41. The number of rotatable bonds is 9. The lowest BCUT2D eigenvalue weighted by atomic mass is 10.0. The topological polar surface area (TPSA) is 72.7 Å². The molecular formula is C19H27N5OS. The Kier molecular flexibility index (Phi) is 6.29. The summed E-state index contributed by atoms with van der Waals surface area (Å²) in [5.74, 6) is 1.92. The van der Waals surface area contributed by atoms with Gasteiger partial charge in [0.25, 0.3) is 0 Å². The Balaban J connectivity index is 1.60. The molecule has 2 aromatic rings. The fourth-order valence-electron chi connectivity index (χ4n) is 2.83. The molecule has 1 saturated carbocycles. The van der Waals surface area contributed by atoms with Gasteiger partial charge in [-0.2, -0.15) is 0 Å². The predicted molar refractivity (Wildman–Crippen MR) is 104 cm³/mol. The van der Waals surface area contributed by atoms with Crippen LogP contribution in [0.2, 0.25) is 0 Å². The lowest BCUT2D eigenvalue weighted by molar-refractivity contribution is -0.119. The van der Waals surface area contributed by atoms with Crippen molar-refractivity contribution in [2.24, 2.45) is 5.92 Å². The highest BCUT2D eigenvalue weighted by molar-refractivity contribution is 7.99. The highest BCUT2D eigenvalue weighted by Gasteiger charge is 2.30. The molecule has 7 heteroatoms. The van der Waals surface area contributed by atoms with E-state index in [1.54, 1.807) is 12.4 Å². The monoisotopic (exact) mass is 373 g/mol. The summed E-state index contributed by atoms with van der Waals surface area (Å²) in [5.41, 5.74) is 0.963. The number of hydrogen-bond acceptors (Lipinski definition) is 5. The van der Waals surface area contributed by atoms with Gasteiger partial charge in [-0.05, 0) is 50.7 Å². The fraction of sp³-hybridized carbons (Fsp3) is 0.579. The van der Waals surface area contributed by atoms with E-state index in [4.69, 9.17) is 0 Å². The fourth-order valence-corrected chi connectivity index (χ4v) is 3.65. The Morgan fingerprint density at radius 3 is 2.77 bits per heavy atom. The molecule has 2 heterocycles. The molecule has 0 radical (unpaired) electrons. The molecule has 140 valence electrons. The van der Waals surface area contributed by atoms with Gasteiger partial charge in [-0.1, -0.05) is 25.6 Å². The molecule has 3 rings (SSSR count). The minimum Gasteiger partial charge on any atom is -0.353 e. The minimum atomic E-state index is 0.0551. The van der Waals surface area contributed by atoms with Gasteiger partial charge >= 0.3 is 0 Å². The Bertz CT molecular complexity index is 727.